The zero-order valence-corrected chi connectivity index (χ0v) is 10.4. The second-order valence-corrected chi connectivity index (χ2v) is 4.82. The highest BCUT2D eigenvalue weighted by atomic mass is 35.5. The van der Waals surface area contributed by atoms with Gasteiger partial charge in [-0.05, 0) is 24.5 Å². The average molecular weight is 254 g/mol. The molecular formula is C12H16ClN3O. The third-order valence-corrected chi connectivity index (χ3v) is 3.38. The number of carbonyl (C=O) groups excluding carboxylic acids is 1. The number of nitrogens with one attached hydrogen (secondary N) is 1. The van der Waals surface area contributed by atoms with E-state index in [0.717, 1.165) is 12.3 Å². The van der Waals surface area contributed by atoms with Crippen LogP contribution in [0.4, 0.5) is 0 Å². The van der Waals surface area contributed by atoms with Gasteiger partial charge in [-0.25, -0.2) is 0 Å². The molecule has 0 spiro atoms. The first-order chi connectivity index (χ1) is 8.25. The van der Waals surface area contributed by atoms with Crippen LogP contribution in [-0.4, -0.2) is 22.6 Å². The van der Waals surface area contributed by atoms with Crippen LogP contribution in [0.15, 0.2) is 12.1 Å². The first kappa shape index (κ1) is 12.3. The maximum atomic E-state index is 11.7. The fraction of sp³-hybridized carbons (Fsp3) is 0.583. The minimum Gasteiger partial charge on any atom is -0.351 e. The normalized spacial score (nSPS) is 16.1. The molecule has 1 fully saturated rings. The molecule has 1 aromatic heterocycles. The number of amides is 1. The maximum Gasteiger partial charge on any atom is 0.271 e. The molecule has 92 valence electrons. The summed E-state index contributed by atoms with van der Waals surface area (Å²) in [6.45, 7) is 0.716. The lowest BCUT2D eigenvalue weighted by Gasteiger charge is -2.09. The zero-order chi connectivity index (χ0) is 12.1. The topological polar surface area (TPSA) is 54.9 Å². The summed E-state index contributed by atoms with van der Waals surface area (Å²) in [6, 6.07) is 3.15. The van der Waals surface area contributed by atoms with Gasteiger partial charge in [-0.2, -0.15) is 0 Å². The number of rotatable bonds is 4. The third-order valence-electron chi connectivity index (χ3n) is 3.18. The highest BCUT2D eigenvalue weighted by Gasteiger charge is 2.15. The zero-order valence-electron chi connectivity index (χ0n) is 9.66. The third kappa shape index (κ3) is 3.66. The predicted octanol–water partition coefficient (Wildman–Crippen LogP) is 2.44. The van der Waals surface area contributed by atoms with Crippen molar-refractivity contribution in [2.75, 3.05) is 6.54 Å². The summed E-state index contributed by atoms with van der Waals surface area (Å²) in [5.74, 6) is 0.610. The highest BCUT2D eigenvalue weighted by Crippen LogP contribution is 2.26. The fourth-order valence-electron chi connectivity index (χ4n) is 2.22. The number of halogens is 1. The molecule has 0 aliphatic heterocycles. The van der Waals surface area contributed by atoms with Crippen molar-refractivity contribution in [2.45, 2.75) is 32.1 Å². The van der Waals surface area contributed by atoms with E-state index in [1.54, 1.807) is 12.1 Å². The van der Waals surface area contributed by atoms with Crippen LogP contribution >= 0.6 is 11.6 Å². The Balaban J connectivity index is 1.75. The fourth-order valence-corrected chi connectivity index (χ4v) is 2.32. The molecule has 1 heterocycles. The predicted molar refractivity (Wildman–Crippen MR) is 66.0 cm³/mol. The van der Waals surface area contributed by atoms with Crippen molar-refractivity contribution in [3.05, 3.63) is 23.0 Å². The molecule has 0 aromatic carbocycles. The van der Waals surface area contributed by atoms with E-state index in [1.165, 1.54) is 25.7 Å². The van der Waals surface area contributed by atoms with E-state index in [0.29, 0.717) is 17.4 Å². The van der Waals surface area contributed by atoms with Crippen LogP contribution in [0.1, 0.15) is 42.6 Å². The molecule has 0 saturated heterocycles. The summed E-state index contributed by atoms with van der Waals surface area (Å²) in [5, 5.41) is 10.5. The van der Waals surface area contributed by atoms with Gasteiger partial charge in [-0.1, -0.05) is 37.3 Å². The molecule has 1 aliphatic carbocycles. The van der Waals surface area contributed by atoms with E-state index in [1.807, 2.05) is 0 Å². The molecular weight excluding hydrogens is 238 g/mol. The van der Waals surface area contributed by atoms with Gasteiger partial charge < -0.3 is 5.32 Å². The van der Waals surface area contributed by atoms with Crippen molar-refractivity contribution in [1.29, 1.82) is 0 Å². The molecule has 1 saturated carbocycles. The van der Waals surface area contributed by atoms with Crippen LogP contribution in [0.5, 0.6) is 0 Å². The van der Waals surface area contributed by atoms with Crippen LogP contribution in [0, 0.1) is 5.92 Å². The van der Waals surface area contributed by atoms with Gasteiger partial charge in [0.25, 0.3) is 5.91 Å². The maximum absolute atomic E-state index is 11.7. The number of hydrogen-bond acceptors (Lipinski definition) is 3. The van der Waals surface area contributed by atoms with E-state index in [9.17, 15) is 4.79 Å². The lowest BCUT2D eigenvalue weighted by molar-refractivity contribution is 0.0945. The lowest BCUT2D eigenvalue weighted by Crippen LogP contribution is -2.26. The molecule has 2 rings (SSSR count). The first-order valence-corrected chi connectivity index (χ1v) is 6.41. The summed E-state index contributed by atoms with van der Waals surface area (Å²) in [7, 11) is 0. The summed E-state index contributed by atoms with van der Waals surface area (Å²) in [6.07, 6.45) is 6.34. The Hall–Kier alpha value is -1.16. The van der Waals surface area contributed by atoms with Crippen molar-refractivity contribution in [2.24, 2.45) is 5.92 Å². The smallest absolute Gasteiger partial charge is 0.271 e. The summed E-state index contributed by atoms with van der Waals surface area (Å²) in [5.41, 5.74) is 0.320. The van der Waals surface area contributed by atoms with E-state index in [4.69, 9.17) is 11.6 Å². The first-order valence-electron chi connectivity index (χ1n) is 6.03. The molecule has 4 nitrogen and oxygen atoms in total. The number of hydrogen-bond donors (Lipinski definition) is 1. The molecule has 5 heteroatoms. The number of aromatic nitrogens is 2. The van der Waals surface area contributed by atoms with Crippen molar-refractivity contribution in [1.82, 2.24) is 15.5 Å². The molecule has 1 aromatic rings. The minimum atomic E-state index is -0.174. The second-order valence-electron chi connectivity index (χ2n) is 4.44. The SMILES string of the molecule is O=C(NCCC1CCCC1)c1ccc(Cl)nn1. The standard InChI is InChI=1S/C12H16ClN3O/c13-11-6-5-10(15-16-11)12(17)14-8-7-9-3-1-2-4-9/h5-6,9H,1-4,7-8H2,(H,14,17). The summed E-state index contributed by atoms with van der Waals surface area (Å²) < 4.78 is 0. The van der Waals surface area contributed by atoms with Crippen molar-refractivity contribution in [3.8, 4) is 0 Å². The van der Waals surface area contributed by atoms with Crippen LogP contribution in [0.25, 0.3) is 0 Å². The molecule has 0 radical (unpaired) electrons. The molecule has 1 N–H and O–H groups in total. The van der Waals surface area contributed by atoms with Crippen LogP contribution in [0.2, 0.25) is 5.15 Å². The van der Waals surface area contributed by atoms with Gasteiger partial charge in [0.05, 0.1) is 0 Å². The van der Waals surface area contributed by atoms with Crippen molar-refractivity contribution >= 4 is 17.5 Å². The summed E-state index contributed by atoms with van der Waals surface area (Å²) >= 11 is 5.60. The Morgan fingerprint density at radius 1 is 1.35 bits per heavy atom. The Morgan fingerprint density at radius 3 is 2.76 bits per heavy atom. The van der Waals surface area contributed by atoms with Gasteiger partial charge in [-0.3, -0.25) is 4.79 Å². The monoisotopic (exact) mass is 253 g/mol. The quantitative estimate of drug-likeness (QED) is 0.897. The average Bonchev–Trinajstić information content (AvgIpc) is 2.83. The number of carbonyl (C=O) groups is 1. The molecule has 1 amide bonds. The van der Waals surface area contributed by atoms with Gasteiger partial charge in [-0.15, -0.1) is 10.2 Å². The largest absolute Gasteiger partial charge is 0.351 e. The molecule has 0 atom stereocenters. The van der Waals surface area contributed by atoms with Crippen LogP contribution in [-0.2, 0) is 0 Å². The van der Waals surface area contributed by atoms with Gasteiger partial charge in [0.1, 0.15) is 0 Å². The Labute approximate surface area is 106 Å². The van der Waals surface area contributed by atoms with E-state index in [-0.39, 0.29) is 5.91 Å². The Bertz CT molecular complexity index is 374. The highest BCUT2D eigenvalue weighted by molar-refractivity contribution is 6.29. The number of nitrogens with zero attached hydrogens (tertiary/aromatic N) is 2. The molecule has 17 heavy (non-hydrogen) atoms. The van der Waals surface area contributed by atoms with Gasteiger partial charge >= 0.3 is 0 Å². The van der Waals surface area contributed by atoms with E-state index in [2.05, 4.69) is 15.5 Å². The van der Waals surface area contributed by atoms with Gasteiger partial charge in [0, 0.05) is 6.54 Å². The van der Waals surface area contributed by atoms with Crippen LogP contribution < -0.4 is 5.32 Å². The molecule has 1 aliphatic rings. The van der Waals surface area contributed by atoms with E-state index >= 15 is 0 Å². The summed E-state index contributed by atoms with van der Waals surface area (Å²) in [4.78, 5) is 11.7. The van der Waals surface area contributed by atoms with Crippen LogP contribution in [0.3, 0.4) is 0 Å². The second kappa shape index (κ2) is 5.96. The molecule has 0 unspecified atom stereocenters. The molecule has 0 bridgehead atoms. The Kier molecular flexibility index (Phi) is 4.31. The van der Waals surface area contributed by atoms with Gasteiger partial charge in [0.2, 0.25) is 0 Å². The Morgan fingerprint density at radius 2 is 2.12 bits per heavy atom. The van der Waals surface area contributed by atoms with Crippen molar-refractivity contribution in [3.63, 3.8) is 0 Å². The van der Waals surface area contributed by atoms with Crippen molar-refractivity contribution < 1.29 is 4.79 Å². The minimum absolute atomic E-state index is 0.174. The van der Waals surface area contributed by atoms with Gasteiger partial charge in [0.15, 0.2) is 10.8 Å². The van der Waals surface area contributed by atoms with E-state index < -0.39 is 0 Å². The lowest BCUT2D eigenvalue weighted by atomic mass is 10.0.